The van der Waals surface area contributed by atoms with Crippen LogP contribution in [0.1, 0.15) is 18.9 Å². The average Bonchev–Trinajstić information content (AvgIpc) is 2.52. The first-order valence-electron chi connectivity index (χ1n) is 6.74. The molecule has 6 heteroatoms. The SMILES string of the molecule is CCCNc1ncnc(OCc2ccc(Br)cc2)c1OC. The lowest BCUT2D eigenvalue weighted by atomic mass is 10.2. The monoisotopic (exact) mass is 351 g/mol. The Morgan fingerprint density at radius 3 is 2.62 bits per heavy atom. The highest BCUT2D eigenvalue weighted by molar-refractivity contribution is 9.10. The van der Waals surface area contributed by atoms with Crippen LogP contribution in [-0.2, 0) is 6.61 Å². The van der Waals surface area contributed by atoms with Gasteiger partial charge in [0.05, 0.1) is 7.11 Å². The van der Waals surface area contributed by atoms with Crippen LogP contribution in [0, 0.1) is 0 Å². The first-order valence-corrected chi connectivity index (χ1v) is 7.54. The second-order valence-corrected chi connectivity index (χ2v) is 5.32. The van der Waals surface area contributed by atoms with Crippen molar-refractivity contribution in [2.45, 2.75) is 20.0 Å². The lowest BCUT2D eigenvalue weighted by molar-refractivity contribution is 0.272. The molecule has 0 fully saturated rings. The maximum Gasteiger partial charge on any atom is 0.262 e. The molecule has 1 N–H and O–H groups in total. The predicted molar refractivity (Wildman–Crippen MR) is 85.8 cm³/mol. The normalized spacial score (nSPS) is 10.2. The molecule has 21 heavy (non-hydrogen) atoms. The molecule has 0 aliphatic rings. The number of ether oxygens (including phenoxy) is 2. The summed E-state index contributed by atoms with van der Waals surface area (Å²) in [5.41, 5.74) is 1.06. The molecule has 0 amide bonds. The van der Waals surface area contributed by atoms with Gasteiger partial charge < -0.3 is 14.8 Å². The molecule has 1 heterocycles. The van der Waals surface area contributed by atoms with Crippen molar-refractivity contribution in [2.75, 3.05) is 19.0 Å². The summed E-state index contributed by atoms with van der Waals surface area (Å²) in [7, 11) is 1.59. The zero-order valence-corrected chi connectivity index (χ0v) is 13.7. The number of aromatic nitrogens is 2. The van der Waals surface area contributed by atoms with Crippen LogP contribution in [0.15, 0.2) is 35.1 Å². The van der Waals surface area contributed by atoms with Gasteiger partial charge in [-0.15, -0.1) is 0 Å². The average molecular weight is 352 g/mol. The predicted octanol–water partition coefficient (Wildman–Crippen LogP) is 3.65. The van der Waals surface area contributed by atoms with E-state index in [0.29, 0.717) is 24.1 Å². The molecular weight excluding hydrogens is 334 g/mol. The maximum absolute atomic E-state index is 5.74. The smallest absolute Gasteiger partial charge is 0.262 e. The van der Waals surface area contributed by atoms with Crippen LogP contribution in [-0.4, -0.2) is 23.6 Å². The third-order valence-corrected chi connectivity index (χ3v) is 3.34. The Balaban J connectivity index is 2.10. The van der Waals surface area contributed by atoms with Gasteiger partial charge in [-0.2, -0.15) is 4.98 Å². The lowest BCUT2D eigenvalue weighted by Gasteiger charge is -2.13. The summed E-state index contributed by atoms with van der Waals surface area (Å²) in [6.45, 7) is 3.33. The third-order valence-electron chi connectivity index (χ3n) is 2.81. The molecular formula is C15H18BrN3O2. The van der Waals surface area contributed by atoms with Crippen molar-refractivity contribution in [3.63, 3.8) is 0 Å². The number of hydrogen-bond acceptors (Lipinski definition) is 5. The molecule has 1 aromatic carbocycles. The van der Waals surface area contributed by atoms with Crippen LogP contribution in [0.4, 0.5) is 5.82 Å². The molecule has 0 radical (unpaired) electrons. The number of halogens is 1. The minimum atomic E-state index is 0.424. The molecule has 0 bridgehead atoms. The maximum atomic E-state index is 5.74. The van der Waals surface area contributed by atoms with Gasteiger partial charge in [0.1, 0.15) is 12.9 Å². The van der Waals surface area contributed by atoms with E-state index in [1.54, 1.807) is 7.11 Å². The Bertz CT molecular complexity index is 576. The van der Waals surface area contributed by atoms with Crippen molar-refractivity contribution in [2.24, 2.45) is 0 Å². The Morgan fingerprint density at radius 2 is 1.95 bits per heavy atom. The van der Waals surface area contributed by atoms with E-state index in [1.165, 1.54) is 6.33 Å². The lowest BCUT2D eigenvalue weighted by Crippen LogP contribution is -2.07. The van der Waals surface area contributed by atoms with Gasteiger partial charge in [-0.05, 0) is 24.1 Å². The van der Waals surface area contributed by atoms with Crippen molar-refractivity contribution in [3.05, 3.63) is 40.6 Å². The van der Waals surface area contributed by atoms with Gasteiger partial charge in [0, 0.05) is 11.0 Å². The third kappa shape index (κ3) is 4.32. The minimum Gasteiger partial charge on any atom is -0.489 e. The summed E-state index contributed by atoms with van der Waals surface area (Å²) in [4.78, 5) is 8.32. The molecule has 1 aromatic heterocycles. The molecule has 5 nitrogen and oxygen atoms in total. The Labute approximate surface area is 132 Å². The molecule has 112 valence electrons. The van der Waals surface area contributed by atoms with Crippen LogP contribution in [0.3, 0.4) is 0 Å². The summed E-state index contributed by atoms with van der Waals surface area (Å²) in [6, 6.07) is 7.94. The zero-order valence-electron chi connectivity index (χ0n) is 12.1. The molecule has 0 saturated carbocycles. The Hall–Kier alpha value is -1.82. The standard InChI is InChI=1S/C15H18BrN3O2/c1-3-8-17-14-13(20-2)15(19-10-18-14)21-9-11-4-6-12(16)7-5-11/h4-7,10H,3,8-9H2,1-2H3,(H,17,18,19). The largest absolute Gasteiger partial charge is 0.489 e. The van der Waals surface area contributed by atoms with E-state index in [9.17, 15) is 0 Å². The highest BCUT2D eigenvalue weighted by atomic mass is 79.9. The number of methoxy groups -OCH3 is 1. The fraction of sp³-hybridized carbons (Fsp3) is 0.333. The first-order chi connectivity index (χ1) is 10.2. The van der Waals surface area contributed by atoms with Gasteiger partial charge in [0.15, 0.2) is 5.82 Å². The number of anilines is 1. The quantitative estimate of drug-likeness (QED) is 0.824. The number of rotatable bonds is 7. The molecule has 0 unspecified atom stereocenters. The molecule has 0 spiro atoms. The van der Waals surface area contributed by atoms with E-state index in [-0.39, 0.29) is 0 Å². The van der Waals surface area contributed by atoms with Crippen molar-refractivity contribution in [1.29, 1.82) is 0 Å². The van der Waals surface area contributed by atoms with Gasteiger partial charge >= 0.3 is 0 Å². The van der Waals surface area contributed by atoms with Crippen LogP contribution in [0.25, 0.3) is 0 Å². The molecule has 2 aromatic rings. The fourth-order valence-electron chi connectivity index (χ4n) is 1.75. The van der Waals surface area contributed by atoms with Crippen molar-refractivity contribution >= 4 is 21.7 Å². The Kier molecular flexibility index (Phi) is 5.80. The van der Waals surface area contributed by atoms with Crippen LogP contribution in [0.5, 0.6) is 11.6 Å². The molecule has 0 atom stereocenters. The first kappa shape index (κ1) is 15.6. The Morgan fingerprint density at radius 1 is 1.19 bits per heavy atom. The van der Waals surface area contributed by atoms with E-state index < -0.39 is 0 Å². The van der Waals surface area contributed by atoms with Gasteiger partial charge in [-0.3, -0.25) is 0 Å². The topological polar surface area (TPSA) is 56.3 Å². The van der Waals surface area contributed by atoms with E-state index >= 15 is 0 Å². The number of nitrogens with one attached hydrogen (secondary N) is 1. The molecule has 2 rings (SSSR count). The summed E-state index contributed by atoms with van der Waals surface area (Å²) >= 11 is 3.41. The molecule has 0 aliphatic heterocycles. The van der Waals surface area contributed by atoms with Crippen LogP contribution in [0.2, 0.25) is 0 Å². The van der Waals surface area contributed by atoms with Crippen molar-refractivity contribution < 1.29 is 9.47 Å². The zero-order chi connectivity index (χ0) is 15.1. The van der Waals surface area contributed by atoms with E-state index in [4.69, 9.17) is 9.47 Å². The van der Waals surface area contributed by atoms with Gasteiger partial charge in [-0.25, -0.2) is 4.98 Å². The second kappa shape index (κ2) is 7.83. The highest BCUT2D eigenvalue weighted by Gasteiger charge is 2.13. The van der Waals surface area contributed by atoms with Crippen LogP contribution >= 0.6 is 15.9 Å². The highest BCUT2D eigenvalue weighted by Crippen LogP contribution is 2.31. The summed E-state index contributed by atoms with van der Waals surface area (Å²) in [5.74, 6) is 1.62. The second-order valence-electron chi connectivity index (χ2n) is 4.40. The molecule has 0 saturated heterocycles. The minimum absolute atomic E-state index is 0.424. The fourth-order valence-corrected chi connectivity index (χ4v) is 2.01. The van der Waals surface area contributed by atoms with Crippen LogP contribution < -0.4 is 14.8 Å². The van der Waals surface area contributed by atoms with Gasteiger partial charge in [0.25, 0.3) is 5.88 Å². The van der Waals surface area contributed by atoms with Gasteiger partial charge in [0.2, 0.25) is 5.75 Å². The van der Waals surface area contributed by atoms with Gasteiger partial charge in [-0.1, -0.05) is 35.0 Å². The summed E-state index contributed by atoms with van der Waals surface area (Å²) in [6.07, 6.45) is 2.47. The van der Waals surface area contributed by atoms with Crippen molar-refractivity contribution in [1.82, 2.24) is 9.97 Å². The molecule has 0 aliphatic carbocycles. The number of hydrogen-bond donors (Lipinski definition) is 1. The number of benzene rings is 1. The van der Waals surface area contributed by atoms with E-state index in [2.05, 4.69) is 38.1 Å². The van der Waals surface area contributed by atoms with E-state index in [0.717, 1.165) is 23.0 Å². The summed E-state index contributed by atoms with van der Waals surface area (Å²) in [5, 5.41) is 3.20. The van der Waals surface area contributed by atoms with Crippen molar-refractivity contribution in [3.8, 4) is 11.6 Å². The summed E-state index contributed by atoms with van der Waals surface area (Å²) < 4.78 is 12.1. The van der Waals surface area contributed by atoms with E-state index in [1.807, 2.05) is 24.3 Å². The number of nitrogens with zero attached hydrogens (tertiary/aromatic N) is 2.